The van der Waals surface area contributed by atoms with E-state index in [4.69, 9.17) is 18.0 Å². The van der Waals surface area contributed by atoms with E-state index in [0.717, 1.165) is 18.4 Å². The SMILES string of the molecule is C#Cc1ccc(N2CC(=O)N(Cc3ccc(Cl)cc3)C3(CCN(C(=O)C4CC4)C3)C2=O)c(F)c1. The average Bonchev–Trinajstić information content (AvgIpc) is 3.59. The molecule has 5 rings (SSSR count). The molecule has 6 nitrogen and oxygen atoms in total. The van der Waals surface area contributed by atoms with Crippen LogP contribution in [-0.2, 0) is 20.9 Å². The lowest BCUT2D eigenvalue weighted by Gasteiger charge is -2.47. The first-order chi connectivity index (χ1) is 16.3. The first kappa shape index (κ1) is 22.4. The normalized spacial score (nSPS) is 22.4. The number of hydrogen-bond acceptors (Lipinski definition) is 3. The van der Waals surface area contributed by atoms with Crippen LogP contribution in [0.25, 0.3) is 0 Å². The number of carbonyl (C=O) groups is 3. The van der Waals surface area contributed by atoms with Crippen LogP contribution in [0.3, 0.4) is 0 Å². The number of carbonyl (C=O) groups excluding carboxylic acids is 3. The molecular weight excluding hydrogens is 457 g/mol. The molecule has 34 heavy (non-hydrogen) atoms. The van der Waals surface area contributed by atoms with Gasteiger partial charge in [-0.15, -0.1) is 6.42 Å². The zero-order chi connectivity index (χ0) is 24.0. The minimum atomic E-state index is -1.27. The van der Waals surface area contributed by atoms with Crippen LogP contribution in [0.4, 0.5) is 10.1 Å². The number of piperazine rings is 1. The van der Waals surface area contributed by atoms with Gasteiger partial charge < -0.3 is 9.80 Å². The Kier molecular flexibility index (Phi) is 5.57. The van der Waals surface area contributed by atoms with Gasteiger partial charge in [0.05, 0.1) is 12.2 Å². The molecule has 0 aromatic heterocycles. The van der Waals surface area contributed by atoms with Crippen molar-refractivity contribution in [3.05, 3.63) is 64.4 Å². The van der Waals surface area contributed by atoms with Gasteiger partial charge in [0.15, 0.2) is 0 Å². The molecule has 2 aliphatic heterocycles. The van der Waals surface area contributed by atoms with Crippen molar-refractivity contribution in [2.75, 3.05) is 24.5 Å². The summed E-state index contributed by atoms with van der Waals surface area (Å²) in [5, 5.41) is 0.568. The van der Waals surface area contributed by atoms with Gasteiger partial charge in [0.25, 0.3) is 5.91 Å². The van der Waals surface area contributed by atoms with Crippen LogP contribution in [0.15, 0.2) is 42.5 Å². The molecule has 8 heteroatoms. The second-order valence-corrected chi connectivity index (χ2v) is 9.56. The Bertz CT molecular complexity index is 1220. The molecule has 1 aliphatic carbocycles. The third-order valence-corrected chi connectivity index (χ3v) is 7.15. The molecule has 1 unspecified atom stereocenters. The lowest BCUT2D eigenvalue weighted by atomic mass is 9.89. The van der Waals surface area contributed by atoms with Gasteiger partial charge in [-0.05, 0) is 55.2 Å². The van der Waals surface area contributed by atoms with Crippen molar-refractivity contribution in [2.45, 2.75) is 31.3 Å². The van der Waals surface area contributed by atoms with Gasteiger partial charge >= 0.3 is 0 Å². The molecule has 2 heterocycles. The van der Waals surface area contributed by atoms with Crippen molar-refractivity contribution in [3.8, 4) is 12.3 Å². The van der Waals surface area contributed by atoms with Crippen molar-refractivity contribution in [2.24, 2.45) is 5.92 Å². The predicted molar refractivity (Wildman–Crippen MR) is 125 cm³/mol. The number of rotatable bonds is 4. The Labute approximate surface area is 202 Å². The average molecular weight is 480 g/mol. The third kappa shape index (κ3) is 3.82. The molecule has 1 saturated carbocycles. The summed E-state index contributed by atoms with van der Waals surface area (Å²) in [5.74, 6) is 1.02. The Morgan fingerprint density at radius 2 is 1.91 bits per heavy atom. The lowest BCUT2D eigenvalue weighted by molar-refractivity contribution is -0.151. The van der Waals surface area contributed by atoms with E-state index in [1.165, 1.54) is 17.0 Å². The standard InChI is InChI=1S/C26H23ClFN3O3/c1-2-17-5-10-22(21(28)13-17)30-15-23(32)31(14-18-3-8-20(27)9-4-18)26(25(30)34)11-12-29(16-26)24(33)19-6-7-19/h1,3-5,8-10,13,19H,6-7,11-12,14-16H2. The van der Waals surface area contributed by atoms with Crippen LogP contribution in [0.2, 0.25) is 5.02 Å². The van der Waals surface area contributed by atoms with E-state index in [0.29, 0.717) is 23.6 Å². The fourth-order valence-electron chi connectivity index (χ4n) is 4.89. The molecule has 2 aromatic rings. The van der Waals surface area contributed by atoms with Crippen LogP contribution < -0.4 is 4.90 Å². The highest BCUT2D eigenvalue weighted by Gasteiger charge is 2.57. The number of anilines is 1. The van der Waals surface area contributed by atoms with Crippen molar-refractivity contribution in [3.63, 3.8) is 0 Å². The quantitative estimate of drug-likeness (QED) is 0.633. The zero-order valence-electron chi connectivity index (χ0n) is 18.5. The summed E-state index contributed by atoms with van der Waals surface area (Å²) in [5.41, 5.74) is -0.0977. The Morgan fingerprint density at radius 3 is 2.56 bits per heavy atom. The van der Waals surface area contributed by atoms with Gasteiger partial charge in [-0.3, -0.25) is 19.3 Å². The first-order valence-electron chi connectivity index (χ1n) is 11.2. The van der Waals surface area contributed by atoms with Crippen molar-refractivity contribution in [1.29, 1.82) is 0 Å². The first-order valence-corrected chi connectivity index (χ1v) is 11.6. The van der Waals surface area contributed by atoms with E-state index >= 15 is 0 Å². The maximum atomic E-state index is 14.9. The Hall–Kier alpha value is -3.37. The molecule has 1 spiro atoms. The number of benzene rings is 2. The van der Waals surface area contributed by atoms with Gasteiger partial charge in [0.2, 0.25) is 11.8 Å². The third-order valence-electron chi connectivity index (χ3n) is 6.90. The maximum Gasteiger partial charge on any atom is 0.255 e. The summed E-state index contributed by atoms with van der Waals surface area (Å²) in [6, 6.07) is 11.2. The van der Waals surface area contributed by atoms with E-state index in [2.05, 4.69) is 5.92 Å². The molecule has 0 bridgehead atoms. The molecular formula is C26H23ClFN3O3. The summed E-state index contributed by atoms with van der Waals surface area (Å²) in [6.45, 7) is 0.371. The lowest BCUT2D eigenvalue weighted by Crippen LogP contribution is -2.69. The summed E-state index contributed by atoms with van der Waals surface area (Å²) in [7, 11) is 0. The second kappa shape index (κ2) is 8.44. The van der Waals surface area contributed by atoms with E-state index in [9.17, 15) is 18.8 Å². The zero-order valence-corrected chi connectivity index (χ0v) is 19.2. The molecule has 174 valence electrons. The van der Waals surface area contributed by atoms with E-state index in [1.807, 2.05) is 0 Å². The number of amides is 3. The molecule has 2 aromatic carbocycles. The van der Waals surface area contributed by atoms with Gasteiger partial charge in [-0.25, -0.2) is 4.39 Å². The maximum absolute atomic E-state index is 14.9. The largest absolute Gasteiger partial charge is 0.339 e. The smallest absolute Gasteiger partial charge is 0.255 e. The van der Waals surface area contributed by atoms with Gasteiger partial charge in [-0.1, -0.05) is 29.7 Å². The molecule has 0 radical (unpaired) electrons. The highest BCUT2D eigenvalue weighted by atomic mass is 35.5. The Morgan fingerprint density at radius 1 is 1.18 bits per heavy atom. The highest BCUT2D eigenvalue weighted by molar-refractivity contribution is 6.30. The van der Waals surface area contributed by atoms with Crippen LogP contribution in [0.1, 0.15) is 30.4 Å². The van der Waals surface area contributed by atoms with Gasteiger partial charge in [0, 0.05) is 29.6 Å². The number of likely N-dealkylation sites (tertiary alicyclic amines) is 1. The topological polar surface area (TPSA) is 60.9 Å². The number of halogens is 2. The summed E-state index contributed by atoms with van der Waals surface area (Å²) in [6.07, 6.45) is 7.36. The molecule has 2 saturated heterocycles. The van der Waals surface area contributed by atoms with E-state index in [-0.39, 0.29) is 49.0 Å². The summed E-state index contributed by atoms with van der Waals surface area (Å²) < 4.78 is 14.9. The monoisotopic (exact) mass is 479 g/mol. The molecule has 0 N–H and O–H groups in total. The highest BCUT2D eigenvalue weighted by Crippen LogP contribution is 2.40. The summed E-state index contributed by atoms with van der Waals surface area (Å²) >= 11 is 6.01. The van der Waals surface area contributed by atoms with Gasteiger partial charge in [-0.2, -0.15) is 0 Å². The number of nitrogens with zero attached hydrogens (tertiary/aromatic N) is 3. The Balaban J connectivity index is 1.52. The minimum absolute atomic E-state index is 0.000820. The fourth-order valence-corrected chi connectivity index (χ4v) is 5.01. The number of terminal acetylenes is 1. The van der Waals surface area contributed by atoms with Gasteiger partial charge in [0.1, 0.15) is 17.9 Å². The second-order valence-electron chi connectivity index (χ2n) is 9.12. The predicted octanol–water partition coefficient (Wildman–Crippen LogP) is 3.22. The molecule has 1 atom stereocenters. The van der Waals surface area contributed by atoms with Crippen LogP contribution in [0.5, 0.6) is 0 Å². The van der Waals surface area contributed by atoms with E-state index in [1.54, 1.807) is 40.1 Å². The van der Waals surface area contributed by atoms with Crippen molar-refractivity contribution >= 4 is 35.0 Å². The fraction of sp³-hybridized carbons (Fsp3) is 0.346. The molecule has 3 fully saturated rings. The molecule has 3 aliphatic rings. The minimum Gasteiger partial charge on any atom is -0.339 e. The summed E-state index contributed by atoms with van der Waals surface area (Å²) in [4.78, 5) is 44.7. The van der Waals surface area contributed by atoms with Crippen LogP contribution in [0, 0.1) is 24.1 Å². The van der Waals surface area contributed by atoms with Crippen molar-refractivity contribution in [1.82, 2.24) is 9.80 Å². The van der Waals surface area contributed by atoms with Crippen LogP contribution >= 0.6 is 11.6 Å². The van der Waals surface area contributed by atoms with Crippen LogP contribution in [-0.4, -0.2) is 52.7 Å². The van der Waals surface area contributed by atoms with Crippen molar-refractivity contribution < 1.29 is 18.8 Å². The molecule has 3 amide bonds. The number of hydrogen-bond donors (Lipinski definition) is 0. The van der Waals surface area contributed by atoms with E-state index < -0.39 is 11.4 Å².